The molecule has 1 N–H and O–H groups in total. The van der Waals surface area contributed by atoms with Crippen LogP contribution in [-0.4, -0.2) is 16.5 Å². The monoisotopic (exact) mass is 235 g/mol. The van der Waals surface area contributed by atoms with E-state index in [1.807, 2.05) is 0 Å². The lowest BCUT2D eigenvalue weighted by Crippen LogP contribution is -2.18. The van der Waals surface area contributed by atoms with E-state index >= 15 is 0 Å². The first kappa shape index (κ1) is 12.6. The number of pyridine rings is 1. The van der Waals surface area contributed by atoms with E-state index in [-0.39, 0.29) is 22.9 Å². The topological polar surface area (TPSA) is 42.4 Å². The summed E-state index contributed by atoms with van der Waals surface area (Å²) in [5.41, 5.74) is 0.392. The van der Waals surface area contributed by atoms with Gasteiger partial charge in [-0.25, -0.2) is 0 Å². The highest BCUT2D eigenvalue weighted by Gasteiger charge is 2.33. The van der Waals surface area contributed by atoms with Gasteiger partial charge in [0.15, 0.2) is 5.75 Å². The van der Waals surface area contributed by atoms with Crippen molar-refractivity contribution in [1.29, 1.82) is 0 Å². The molecule has 1 aromatic rings. The number of ether oxygens (including phenoxy) is 1. The smallest absolute Gasteiger partial charge is 0.506 e. The van der Waals surface area contributed by atoms with Crippen molar-refractivity contribution in [3.05, 3.63) is 17.5 Å². The summed E-state index contributed by atoms with van der Waals surface area (Å²) in [5.74, 6) is -0.999. The average molecular weight is 235 g/mol. The fourth-order valence-corrected chi connectivity index (χ4v) is 1.36. The Labute approximate surface area is 90.9 Å². The van der Waals surface area contributed by atoms with Crippen molar-refractivity contribution in [2.75, 3.05) is 0 Å². The van der Waals surface area contributed by atoms with E-state index in [0.717, 1.165) is 6.20 Å². The van der Waals surface area contributed by atoms with Crippen LogP contribution in [0.3, 0.4) is 0 Å². The van der Waals surface area contributed by atoms with Crippen LogP contribution in [0.5, 0.6) is 11.5 Å². The summed E-state index contributed by atoms with van der Waals surface area (Å²) in [5, 5.41) is 9.64. The van der Waals surface area contributed by atoms with Crippen LogP contribution in [0.4, 0.5) is 13.2 Å². The Morgan fingerprint density at radius 3 is 2.38 bits per heavy atom. The molecule has 0 unspecified atom stereocenters. The molecule has 1 rings (SSSR count). The van der Waals surface area contributed by atoms with E-state index in [9.17, 15) is 18.3 Å². The largest absolute Gasteiger partial charge is 0.573 e. The van der Waals surface area contributed by atoms with Crippen LogP contribution in [0.2, 0.25) is 0 Å². The van der Waals surface area contributed by atoms with Gasteiger partial charge in [0.05, 0.1) is 11.9 Å². The number of aromatic nitrogens is 1. The maximum absolute atomic E-state index is 12.1. The summed E-state index contributed by atoms with van der Waals surface area (Å²) in [6, 6.07) is 0. The van der Waals surface area contributed by atoms with Crippen molar-refractivity contribution in [1.82, 2.24) is 4.98 Å². The fraction of sp³-hybridized carbons (Fsp3) is 0.500. The molecule has 0 aliphatic rings. The summed E-state index contributed by atoms with van der Waals surface area (Å²) in [6.45, 7) is 4.84. The lowest BCUT2D eigenvalue weighted by atomic mass is 10.0. The van der Waals surface area contributed by atoms with Crippen LogP contribution in [0.1, 0.15) is 31.0 Å². The molecule has 0 radical (unpaired) electrons. The second-order valence-corrected chi connectivity index (χ2v) is 3.67. The molecule has 0 atom stereocenters. The van der Waals surface area contributed by atoms with Gasteiger partial charge < -0.3 is 9.84 Å². The number of alkyl halides is 3. The lowest BCUT2D eigenvalue weighted by molar-refractivity contribution is -0.275. The molecule has 0 fully saturated rings. The van der Waals surface area contributed by atoms with Crippen LogP contribution in [0.25, 0.3) is 0 Å². The highest BCUT2D eigenvalue weighted by atomic mass is 19.4. The first-order chi connectivity index (χ1) is 7.22. The molecule has 0 spiro atoms. The molecule has 1 heterocycles. The average Bonchev–Trinajstić information content (AvgIpc) is 2.08. The van der Waals surface area contributed by atoms with Crippen LogP contribution >= 0.6 is 0 Å². The number of aryl methyl sites for hydroxylation is 1. The number of hydrogen-bond acceptors (Lipinski definition) is 3. The van der Waals surface area contributed by atoms with E-state index < -0.39 is 12.1 Å². The summed E-state index contributed by atoms with van der Waals surface area (Å²) in [7, 11) is 0. The van der Waals surface area contributed by atoms with Gasteiger partial charge in [-0.2, -0.15) is 0 Å². The first-order valence-corrected chi connectivity index (χ1v) is 4.66. The van der Waals surface area contributed by atoms with E-state index in [4.69, 9.17) is 0 Å². The van der Waals surface area contributed by atoms with Gasteiger partial charge in [0.25, 0.3) is 0 Å². The molecule has 90 valence electrons. The number of halogens is 3. The van der Waals surface area contributed by atoms with E-state index in [2.05, 4.69) is 9.72 Å². The van der Waals surface area contributed by atoms with Gasteiger partial charge in [0.2, 0.25) is 0 Å². The Balaban J connectivity index is 3.24. The molecule has 16 heavy (non-hydrogen) atoms. The zero-order valence-corrected chi connectivity index (χ0v) is 9.09. The second-order valence-electron chi connectivity index (χ2n) is 3.67. The Kier molecular flexibility index (Phi) is 3.30. The molecule has 0 bridgehead atoms. The summed E-state index contributed by atoms with van der Waals surface area (Å²) < 4.78 is 40.1. The van der Waals surface area contributed by atoms with Crippen LogP contribution in [0.15, 0.2) is 6.20 Å². The fourth-order valence-electron chi connectivity index (χ4n) is 1.36. The molecule has 0 amide bonds. The SMILES string of the molecule is Cc1ncc(OC(F)(F)F)c(C(C)C)c1O. The van der Waals surface area contributed by atoms with Gasteiger partial charge >= 0.3 is 6.36 Å². The van der Waals surface area contributed by atoms with Gasteiger partial charge in [-0.05, 0) is 12.8 Å². The van der Waals surface area contributed by atoms with Gasteiger partial charge in [0, 0.05) is 5.56 Å². The quantitative estimate of drug-likeness (QED) is 0.856. The second kappa shape index (κ2) is 4.19. The molecular weight excluding hydrogens is 223 g/mol. The minimum absolute atomic E-state index is 0.116. The minimum Gasteiger partial charge on any atom is -0.506 e. The zero-order valence-electron chi connectivity index (χ0n) is 9.09. The Hall–Kier alpha value is -1.46. The zero-order chi connectivity index (χ0) is 12.5. The van der Waals surface area contributed by atoms with Crippen LogP contribution in [-0.2, 0) is 0 Å². The number of aromatic hydroxyl groups is 1. The molecule has 6 heteroatoms. The number of rotatable bonds is 2. The molecule has 1 aromatic heterocycles. The maximum Gasteiger partial charge on any atom is 0.573 e. The van der Waals surface area contributed by atoms with Gasteiger partial charge in [-0.15, -0.1) is 13.2 Å². The van der Waals surface area contributed by atoms with Crippen molar-refractivity contribution in [3.8, 4) is 11.5 Å². The molecule has 0 saturated heterocycles. The third-order valence-corrected chi connectivity index (χ3v) is 2.04. The van der Waals surface area contributed by atoms with Crippen molar-refractivity contribution < 1.29 is 23.0 Å². The summed E-state index contributed by atoms with van der Waals surface area (Å²) in [6.07, 6.45) is -3.81. The van der Waals surface area contributed by atoms with Crippen molar-refractivity contribution >= 4 is 0 Å². The number of nitrogens with zero attached hydrogens (tertiary/aromatic N) is 1. The van der Waals surface area contributed by atoms with Gasteiger partial charge in [-0.3, -0.25) is 4.98 Å². The third kappa shape index (κ3) is 2.77. The maximum atomic E-state index is 12.1. The van der Waals surface area contributed by atoms with E-state index in [0.29, 0.717) is 0 Å². The van der Waals surface area contributed by atoms with Gasteiger partial charge in [0.1, 0.15) is 5.75 Å². The summed E-state index contributed by atoms with van der Waals surface area (Å²) in [4.78, 5) is 3.63. The molecule has 0 aromatic carbocycles. The molecular formula is C10H12F3NO2. The van der Waals surface area contributed by atoms with Crippen LogP contribution in [0, 0.1) is 6.92 Å². The standard InChI is InChI=1S/C10H12F3NO2/c1-5(2)8-7(16-10(11,12)13)4-14-6(3)9(8)15/h4-5,15H,1-3H3. The first-order valence-electron chi connectivity index (χ1n) is 4.66. The van der Waals surface area contributed by atoms with E-state index in [1.165, 1.54) is 6.92 Å². The molecule has 0 aliphatic heterocycles. The Morgan fingerprint density at radius 1 is 1.38 bits per heavy atom. The van der Waals surface area contributed by atoms with Crippen molar-refractivity contribution in [2.45, 2.75) is 33.1 Å². The predicted octanol–water partition coefficient (Wildman–Crippen LogP) is 3.12. The third-order valence-electron chi connectivity index (χ3n) is 2.04. The van der Waals surface area contributed by atoms with Crippen molar-refractivity contribution in [3.63, 3.8) is 0 Å². The minimum atomic E-state index is -4.78. The normalized spacial score (nSPS) is 11.9. The predicted molar refractivity (Wildman–Crippen MR) is 51.4 cm³/mol. The van der Waals surface area contributed by atoms with Crippen molar-refractivity contribution in [2.24, 2.45) is 0 Å². The van der Waals surface area contributed by atoms with Crippen LogP contribution < -0.4 is 4.74 Å². The highest BCUT2D eigenvalue weighted by Crippen LogP contribution is 2.37. The van der Waals surface area contributed by atoms with Gasteiger partial charge in [-0.1, -0.05) is 13.8 Å². The molecule has 0 aliphatic carbocycles. The highest BCUT2D eigenvalue weighted by molar-refractivity contribution is 5.46. The summed E-state index contributed by atoms with van der Waals surface area (Å²) >= 11 is 0. The Bertz CT molecular complexity index is 388. The Morgan fingerprint density at radius 2 is 1.94 bits per heavy atom. The number of hydrogen-bond donors (Lipinski definition) is 1. The molecule has 3 nitrogen and oxygen atoms in total. The lowest BCUT2D eigenvalue weighted by Gasteiger charge is -2.17. The molecule has 0 saturated carbocycles. The van der Waals surface area contributed by atoms with E-state index in [1.54, 1.807) is 13.8 Å².